The first-order valence-electron chi connectivity index (χ1n) is 8.99. The molecule has 0 bridgehead atoms. The normalized spacial score (nSPS) is 10.8. The second kappa shape index (κ2) is 8.82. The van der Waals surface area contributed by atoms with E-state index in [-0.39, 0.29) is 11.7 Å². The van der Waals surface area contributed by atoms with Crippen LogP contribution in [-0.2, 0) is 0 Å². The molecule has 0 atom stereocenters. The number of aromatic nitrogens is 2. The van der Waals surface area contributed by atoms with E-state index >= 15 is 0 Å². The van der Waals surface area contributed by atoms with Gasteiger partial charge in [0.1, 0.15) is 11.5 Å². The molecule has 0 saturated carbocycles. The monoisotopic (exact) mass is 385 g/mol. The fourth-order valence-corrected chi connectivity index (χ4v) is 3.02. The number of hydrogen-bond acceptors (Lipinski definition) is 2. The number of carbonyl (C=O) groups excluding carboxylic acids is 1. The van der Waals surface area contributed by atoms with E-state index < -0.39 is 0 Å². The minimum Gasteiger partial charge on any atom is -0.351 e. The van der Waals surface area contributed by atoms with Crippen LogP contribution in [0.5, 0.6) is 0 Å². The largest absolute Gasteiger partial charge is 0.351 e. The lowest BCUT2D eigenvalue weighted by Crippen LogP contribution is -2.26. The van der Waals surface area contributed by atoms with Gasteiger partial charge in [-0.2, -0.15) is 5.10 Å². The van der Waals surface area contributed by atoms with Gasteiger partial charge in [-0.1, -0.05) is 49.6 Å². The quantitative estimate of drug-likeness (QED) is 0.564. The zero-order valence-electron chi connectivity index (χ0n) is 15.1. The van der Waals surface area contributed by atoms with Crippen LogP contribution in [0.2, 0.25) is 5.02 Å². The molecule has 0 aliphatic rings. The van der Waals surface area contributed by atoms with Crippen LogP contribution < -0.4 is 5.32 Å². The molecule has 3 rings (SSSR count). The Morgan fingerprint density at radius 1 is 1.15 bits per heavy atom. The summed E-state index contributed by atoms with van der Waals surface area (Å²) in [6.07, 6.45) is 3.06. The summed E-state index contributed by atoms with van der Waals surface area (Å²) in [7, 11) is 0. The summed E-state index contributed by atoms with van der Waals surface area (Å²) in [4.78, 5) is 12.7. The number of nitrogens with zero attached hydrogens (tertiary/aromatic N) is 2. The van der Waals surface area contributed by atoms with Gasteiger partial charge in [0, 0.05) is 12.1 Å². The Kier molecular flexibility index (Phi) is 6.24. The Bertz CT molecular complexity index is 921. The highest BCUT2D eigenvalue weighted by Crippen LogP contribution is 2.28. The van der Waals surface area contributed by atoms with Crippen LogP contribution in [-0.4, -0.2) is 22.2 Å². The predicted molar refractivity (Wildman–Crippen MR) is 106 cm³/mol. The highest BCUT2D eigenvalue weighted by atomic mass is 35.5. The van der Waals surface area contributed by atoms with Gasteiger partial charge in [-0.3, -0.25) is 4.79 Å². The molecule has 3 aromatic rings. The molecular weight excluding hydrogens is 365 g/mol. The summed E-state index contributed by atoms with van der Waals surface area (Å²) in [6.45, 7) is 2.71. The highest BCUT2D eigenvalue weighted by Gasteiger charge is 2.18. The van der Waals surface area contributed by atoms with E-state index in [1.807, 2.05) is 18.2 Å². The lowest BCUT2D eigenvalue weighted by molar-refractivity contribution is 0.0945. The SMILES string of the molecule is CCCCCNC(=O)c1cc(-c2ccccc2Cl)nn1-c1ccc(F)cc1. The standard InChI is InChI=1S/C21H21ClFN3O/c1-2-3-6-13-24-21(27)20-14-19(17-7-4-5-8-18(17)22)25-26(20)16-11-9-15(23)10-12-16/h4-5,7-12,14H,2-3,6,13H2,1H3,(H,24,27). The molecule has 4 nitrogen and oxygen atoms in total. The van der Waals surface area contributed by atoms with Crippen LogP contribution in [0.15, 0.2) is 54.6 Å². The van der Waals surface area contributed by atoms with Crippen molar-refractivity contribution >= 4 is 17.5 Å². The van der Waals surface area contributed by atoms with Gasteiger partial charge in [0.15, 0.2) is 0 Å². The number of benzene rings is 2. The van der Waals surface area contributed by atoms with Gasteiger partial charge in [-0.05, 0) is 42.8 Å². The molecule has 0 saturated heterocycles. The lowest BCUT2D eigenvalue weighted by Gasteiger charge is -2.08. The van der Waals surface area contributed by atoms with Crippen LogP contribution in [0.4, 0.5) is 4.39 Å². The molecule has 0 unspecified atom stereocenters. The summed E-state index contributed by atoms with van der Waals surface area (Å²) in [5.74, 6) is -0.566. The smallest absolute Gasteiger partial charge is 0.270 e. The van der Waals surface area contributed by atoms with E-state index in [1.165, 1.54) is 16.8 Å². The van der Waals surface area contributed by atoms with E-state index in [2.05, 4.69) is 17.3 Å². The van der Waals surface area contributed by atoms with Gasteiger partial charge >= 0.3 is 0 Å². The van der Waals surface area contributed by atoms with Crippen molar-refractivity contribution in [1.29, 1.82) is 0 Å². The predicted octanol–water partition coefficient (Wildman–Crippen LogP) is 5.25. The number of halogens is 2. The molecule has 1 aromatic heterocycles. The van der Waals surface area contributed by atoms with Gasteiger partial charge in [0.05, 0.1) is 16.4 Å². The molecule has 27 heavy (non-hydrogen) atoms. The number of nitrogens with one attached hydrogen (secondary N) is 1. The maximum Gasteiger partial charge on any atom is 0.270 e. The fraction of sp³-hybridized carbons (Fsp3) is 0.238. The van der Waals surface area contributed by atoms with Crippen molar-refractivity contribution in [2.24, 2.45) is 0 Å². The molecule has 1 amide bonds. The minimum absolute atomic E-state index is 0.221. The zero-order valence-corrected chi connectivity index (χ0v) is 15.8. The molecule has 0 aliphatic carbocycles. The molecule has 0 fully saturated rings. The molecule has 1 heterocycles. The van der Waals surface area contributed by atoms with Gasteiger partial charge in [-0.25, -0.2) is 9.07 Å². The Morgan fingerprint density at radius 3 is 2.59 bits per heavy atom. The van der Waals surface area contributed by atoms with Crippen molar-refractivity contribution in [3.63, 3.8) is 0 Å². The van der Waals surface area contributed by atoms with Gasteiger partial charge in [-0.15, -0.1) is 0 Å². The third-order valence-corrected chi connectivity index (χ3v) is 4.56. The van der Waals surface area contributed by atoms with E-state index in [9.17, 15) is 9.18 Å². The first kappa shape index (κ1) is 19.1. The van der Waals surface area contributed by atoms with E-state index in [1.54, 1.807) is 24.3 Å². The topological polar surface area (TPSA) is 46.9 Å². The van der Waals surface area contributed by atoms with Gasteiger partial charge < -0.3 is 5.32 Å². The van der Waals surface area contributed by atoms with Crippen molar-refractivity contribution in [1.82, 2.24) is 15.1 Å². The number of hydrogen-bond donors (Lipinski definition) is 1. The Balaban J connectivity index is 1.98. The Labute approximate surface area is 163 Å². The molecule has 0 aliphatic heterocycles. The molecule has 0 radical (unpaired) electrons. The summed E-state index contributed by atoms with van der Waals surface area (Å²) in [5, 5.41) is 8.04. The van der Waals surface area contributed by atoms with Crippen molar-refractivity contribution in [2.45, 2.75) is 26.2 Å². The number of amides is 1. The van der Waals surface area contributed by atoms with Crippen molar-refractivity contribution in [2.75, 3.05) is 6.54 Å². The van der Waals surface area contributed by atoms with Gasteiger partial charge in [0.2, 0.25) is 0 Å². The zero-order chi connectivity index (χ0) is 19.2. The summed E-state index contributed by atoms with van der Waals surface area (Å²) < 4.78 is 14.8. The average molecular weight is 386 g/mol. The lowest BCUT2D eigenvalue weighted by atomic mass is 10.1. The fourth-order valence-electron chi connectivity index (χ4n) is 2.79. The van der Waals surface area contributed by atoms with E-state index in [4.69, 9.17) is 11.6 Å². The second-order valence-electron chi connectivity index (χ2n) is 6.25. The van der Waals surface area contributed by atoms with Gasteiger partial charge in [0.25, 0.3) is 5.91 Å². The minimum atomic E-state index is -0.345. The Morgan fingerprint density at radius 2 is 1.89 bits per heavy atom. The molecule has 140 valence electrons. The summed E-state index contributed by atoms with van der Waals surface area (Å²) in [5.41, 5.74) is 2.31. The number of rotatable bonds is 7. The van der Waals surface area contributed by atoms with Crippen LogP contribution in [0, 0.1) is 5.82 Å². The third-order valence-electron chi connectivity index (χ3n) is 4.23. The average Bonchev–Trinajstić information content (AvgIpc) is 3.11. The highest BCUT2D eigenvalue weighted by molar-refractivity contribution is 6.33. The molecule has 1 N–H and O–H groups in total. The number of unbranched alkanes of at least 4 members (excludes halogenated alkanes) is 2. The maximum absolute atomic E-state index is 13.3. The summed E-state index contributed by atoms with van der Waals surface area (Å²) in [6, 6.07) is 14.9. The van der Waals surface area contributed by atoms with Crippen molar-refractivity contribution in [3.8, 4) is 16.9 Å². The van der Waals surface area contributed by atoms with E-state index in [0.717, 1.165) is 24.8 Å². The van der Waals surface area contributed by atoms with Crippen molar-refractivity contribution in [3.05, 3.63) is 71.1 Å². The number of carbonyl (C=O) groups is 1. The Hall–Kier alpha value is -2.66. The van der Waals surface area contributed by atoms with Crippen molar-refractivity contribution < 1.29 is 9.18 Å². The molecule has 6 heteroatoms. The van der Waals surface area contributed by atoms with Crippen LogP contribution in [0.3, 0.4) is 0 Å². The third kappa shape index (κ3) is 4.55. The summed E-state index contributed by atoms with van der Waals surface area (Å²) >= 11 is 6.29. The molecular formula is C21H21ClFN3O. The maximum atomic E-state index is 13.3. The van der Waals surface area contributed by atoms with E-state index in [0.29, 0.717) is 28.6 Å². The van der Waals surface area contributed by atoms with Crippen LogP contribution in [0.1, 0.15) is 36.7 Å². The second-order valence-corrected chi connectivity index (χ2v) is 6.65. The first-order valence-corrected chi connectivity index (χ1v) is 9.37. The van der Waals surface area contributed by atoms with Crippen LogP contribution >= 0.6 is 11.6 Å². The first-order chi connectivity index (χ1) is 13.1. The molecule has 2 aromatic carbocycles. The molecule has 0 spiro atoms. The van der Waals surface area contributed by atoms with Crippen LogP contribution in [0.25, 0.3) is 16.9 Å².